The predicted molar refractivity (Wildman–Crippen MR) is 76.5 cm³/mol. The second kappa shape index (κ2) is 4.64. The van der Waals surface area contributed by atoms with Gasteiger partial charge in [-0.3, -0.25) is 4.68 Å². The van der Waals surface area contributed by atoms with Crippen molar-refractivity contribution in [1.29, 1.82) is 0 Å². The van der Waals surface area contributed by atoms with Gasteiger partial charge in [0.1, 0.15) is 0 Å². The molecule has 18 heavy (non-hydrogen) atoms. The summed E-state index contributed by atoms with van der Waals surface area (Å²) >= 11 is 3.58. The highest BCUT2D eigenvalue weighted by atomic mass is 79.9. The van der Waals surface area contributed by atoms with E-state index in [9.17, 15) is 5.11 Å². The maximum absolute atomic E-state index is 10.8. The van der Waals surface area contributed by atoms with Crippen LogP contribution in [0, 0.1) is 12.3 Å². The van der Waals surface area contributed by atoms with Crippen molar-refractivity contribution in [3.8, 4) is 0 Å². The molecular formula is C14H23BrN2O. The van der Waals surface area contributed by atoms with Gasteiger partial charge in [0, 0.05) is 13.5 Å². The molecule has 4 heteroatoms. The first-order chi connectivity index (χ1) is 8.22. The second-order valence-corrected chi connectivity index (χ2v) is 7.33. The summed E-state index contributed by atoms with van der Waals surface area (Å²) in [7, 11) is 1.95. The Bertz CT molecular complexity index is 441. The lowest BCUT2D eigenvalue weighted by molar-refractivity contribution is -0.0265. The minimum atomic E-state index is -0.557. The predicted octanol–water partition coefficient (Wildman–Crippen LogP) is 3.36. The SMILES string of the molecule is Cc1nn(C)c(CC2(O)CCC(C)(C)CC2)c1Br. The summed E-state index contributed by atoms with van der Waals surface area (Å²) < 4.78 is 2.93. The summed E-state index contributed by atoms with van der Waals surface area (Å²) in [5.41, 5.74) is 1.92. The molecule has 1 aliphatic carbocycles. The maximum Gasteiger partial charge on any atom is 0.0738 e. The van der Waals surface area contributed by atoms with Crippen molar-refractivity contribution in [3.05, 3.63) is 15.9 Å². The van der Waals surface area contributed by atoms with Gasteiger partial charge in [-0.1, -0.05) is 13.8 Å². The van der Waals surface area contributed by atoms with Crippen LogP contribution in [0.3, 0.4) is 0 Å². The monoisotopic (exact) mass is 314 g/mol. The Morgan fingerprint density at radius 2 is 1.83 bits per heavy atom. The second-order valence-electron chi connectivity index (χ2n) is 6.54. The minimum absolute atomic E-state index is 0.381. The Balaban J connectivity index is 2.14. The van der Waals surface area contributed by atoms with Crippen LogP contribution in [0.1, 0.15) is 50.9 Å². The van der Waals surface area contributed by atoms with E-state index in [4.69, 9.17) is 0 Å². The van der Waals surface area contributed by atoms with Crippen molar-refractivity contribution >= 4 is 15.9 Å². The van der Waals surface area contributed by atoms with Crippen LogP contribution in [-0.4, -0.2) is 20.5 Å². The number of hydrogen-bond acceptors (Lipinski definition) is 2. The van der Waals surface area contributed by atoms with Gasteiger partial charge in [-0.05, 0) is 54.0 Å². The number of hydrogen-bond donors (Lipinski definition) is 1. The number of aliphatic hydroxyl groups is 1. The molecule has 0 unspecified atom stereocenters. The minimum Gasteiger partial charge on any atom is -0.389 e. The lowest BCUT2D eigenvalue weighted by atomic mass is 9.69. The first-order valence-corrected chi connectivity index (χ1v) is 7.42. The molecule has 0 atom stereocenters. The summed E-state index contributed by atoms with van der Waals surface area (Å²) in [6.45, 7) is 6.56. The Morgan fingerprint density at radius 1 is 1.28 bits per heavy atom. The summed E-state index contributed by atoms with van der Waals surface area (Å²) in [6, 6.07) is 0. The Morgan fingerprint density at radius 3 is 2.28 bits per heavy atom. The van der Waals surface area contributed by atoms with Crippen molar-refractivity contribution in [2.45, 2.75) is 58.5 Å². The molecule has 0 saturated heterocycles. The van der Waals surface area contributed by atoms with Crippen molar-refractivity contribution in [1.82, 2.24) is 9.78 Å². The molecule has 1 aliphatic rings. The van der Waals surface area contributed by atoms with Gasteiger partial charge >= 0.3 is 0 Å². The third-order valence-electron chi connectivity index (χ3n) is 4.29. The number of rotatable bonds is 2. The van der Waals surface area contributed by atoms with E-state index in [0.29, 0.717) is 11.8 Å². The molecule has 0 aromatic carbocycles. The van der Waals surface area contributed by atoms with Gasteiger partial charge in [-0.25, -0.2) is 0 Å². The molecular weight excluding hydrogens is 292 g/mol. The molecule has 1 heterocycles. The van der Waals surface area contributed by atoms with Gasteiger partial charge in [-0.15, -0.1) is 0 Å². The van der Waals surface area contributed by atoms with Gasteiger partial charge in [0.05, 0.1) is 21.5 Å². The Hall–Kier alpha value is -0.350. The molecule has 0 bridgehead atoms. The normalized spacial score (nSPS) is 22.1. The van der Waals surface area contributed by atoms with E-state index < -0.39 is 5.60 Å². The average Bonchev–Trinajstić information content (AvgIpc) is 2.51. The zero-order valence-corrected chi connectivity index (χ0v) is 13.3. The topological polar surface area (TPSA) is 38.0 Å². The molecule has 1 aromatic heterocycles. The van der Waals surface area contributed by atoms with E-state index >= 15 is 0 Å². The zero-order valence-electron chi connectivity index (χ0n) is 11.8. The number of aromatic nitrogens is 2. The fourth-order valence-corrected chi connectivity index (χ4v) is 3.23. The van der Waals surface area contributed by atoms with E-state index in [1.54, 1.807) is 0 Å². The standard InChI is InChI=1S/C14H23BrN2O/c1-10-12(15)11(17(4)16-10)9-14(18)7-5-13(2,3)6-8-14/h18H,5-9H2,1-4H3. The van der Waals surface area contributed by atoms with Gasteiger partial charge in [0.15, 0.2) is 0 Å². The molecule has 3 nitrogen and oxygen atoms in total. The Kier molecular flexibility index (Phi) is 3.63. The van der Waals surface area contributed by atoms with Gasteiger partial charge < -0.3 is 5.11 Å². The average molecular weight is 315 g/mol. The van der Waals surface area contributed by atoms with Gasteiger partial charge in [-0.2, -0.15) is 5.10 Å². The smallest absolute Gasteiger partial charge is 0.0738 e. The van der Waals surface area contributed by atoms with Crippen molar-refractivity contribution < 1.29 is 5.11 Å². The van der Waals surface area contributed by atoms with Gasteiger partial charge in [0.25, 0.3) is 0 Å². The molecule has 0 spiro atoms. The summed E-state index contributed by atoms with van der Waals surface area (Å²) in [5, 5.41) is 15.1. The maximum atomic E-state index is 10.8. The van der Waals surface area contributed by atoms with Crippen LogP contribution in [-0.2, 0) is 13.5 Å². The lowest BCUT2D eigenvalue weighted by Crippen LogP contribution is -2.39. The van der Waals surface area contributed by atoms with Crippen LogP contribution in [0.15, 0.2) is 4.47 Å². The largest absolute Gasteiger partial charge is 0.389 e. The highest BCUT2D eigenvalue weighted by Gasteiger charge is 2.37. The van der Waals surface area contributed by atoms with Crippen molar-refractivity contribution in [2.75, 3.05) is 0 Å². The van der Waals surface area contributed by atoms with E-state index in [2.05, 4.69) is 34.9 Å². The van der Waals surface area contributed by atoms with E-state index in [0.717, 1.165) is 41.5 Å². The van der Waals surface area contributed by atoms with Crippen LogP contribution in [0.5, 0.6) is 0 Å². The third-order valence-corrected chi connectivity index (χ3v) is 5.32. The number of aryl methyl sites for hydroxylation is 2. The molecule has 1 aromatic rings. The quantitative estimate of drug-likeness (QED) is 0.909. The lowest BCUT2D eigenvalue weighted by Gasteiger charge is -2.40. The van der Waals surface area contributed by atoms with E-state index in [1.165, 1.54) is 0 Å². The molecule has 0 amide bonds. The van der Waals surface area contributed by atoms with Crippen molar-refractivity contribution in [3.63, 3.8) is 0 Å². The van der Waals surface area contributed by atoms with Gasteiger partial charge in [0.2, 0.25) is 0 Å². The van der Waals surface area contributed by atoms with Crippen LogP contribution in [0.2, 0.25) is 0 Å². The highest BCUT2D eigenvalue weighted by Crippen LogP contribution is 2.42. The molecule has 0 aliphatic heterocycles. The fourth-order valence-electron chi connectivity index (χ4n) is 2.75. The first-order valence-electron chi connectivity index (χ1n) is 6.63. The molecule has 2 rings (SSSR count). The number of nitrogens with zero attached hydrogens (tertiary/aromatic N) is 2. The molecule has 102 valence electrons. The van der Waals surface area contributed by atoms with E-state index in [-0.39, 0.29) is 0 Å². The molecule has 0 radical (unpaired) electrons. The molecule has 1 fully saturated rings. The van der Waals surface area contributed by atoms with Crippen LogP contribution in [0.25, 0.3) is 0 Å². The number of halogens is 1. The summed E-state index contributed by atoms with van der Waals surface area (Å²) in [4.78, 5) is 0. The first kappa shape index (κ1) is 14.1. The Labute approximate surface area is 118 Å². The zero-order chi connectivity index (χ0) is 13.6. The van der Waals surface area contributed by atoms with E-state index in [1.807, 2.05) is 18.7 Å². The van der Waals surface area contributed by atoms with Crippen LogP contribution >= 0.6 is 15.9 Å². The molecule has 1 N–H and O–H groups in total. The van der Waals surface area contributed by atoms with Crippen LogP contribution < -0.4 is 0 Å². The summed E-state index contributed by atoms with van der Waals surface area (Å²) in [5.74, 6) is 0. The van der Waals surface area contributed by atoms with Crippen molar-refractivity contribution in [2.24, 2.45) is 12.5 Å². The highest BCUT2D eigenvalue weighted by molar-refractivity contribution is 9.10. The van der Waals surface area contributed by atoms with Crippen LogP contribution in [0.4, 0.5) is 0 Å². The fraction of sp³-hybridized carbons (Fsp3) is 0.786. The molecule has 1 saturated carbocycles. The third kappa shape index (κ3) is 2.80. The summed E-state index contributed by atoms with van der Waals surface area (Å²) in [6.07, 6.45) is 4.66.